The summed E-state index contributed by atoms with van der Waals surface area (Å²) in [7, 11) is -4.63. The second-order valence-electron chi connectivity index (χ2n) is 11.1. The lowest BCUT2D eigenvalue weighted by atomic mass is 9.77. The predicted molar refractivity (Wildman–Crippen MR) is 143 cm³/mol. The van der Waals surface area contributed by atoms with E-state index in [1.54, 1.807) is 24.3 Å². The van der Waals surface area contributed by atoms with E-state index in [2.05, 4.69) is 4.72 Å². The number of carbonyl (C=O) groups excluding carboxylic acids is 1. The highest BCUT2D eigenvalue weighted by molar-refractivity contribution is 7.91. The minimum absolute atomic E-state index is 0.118. The van der Waals surface area contributed by atoms with Gasteiger partial charge in [-0.25, -0.2) is 4.31 Å². The van der Waals surface area contributed by atoms with Crippen molar-refractivity contribution in [2.75, 3.05) is 4.31 Å². The van der Waals surface area contributed by atoms with Gasteiger partial charge in [0.05, 0.1) is 11.7 Å². The summed E-state index contributed by atoms with van der Waals surface area (Å²) >= 11 is 0. The number of carboxylic acid groups (broad SMARTS) is 1. The maximum absolute atomic E-state index is 14.0. The van der Waals surface area contributed by atoms with Crippen LogP contribution in [0.1, 0.15) is 75.4 Å². The molecule has 0 heterocycles. The first-order valence-electron chi connectivity index (χ1n) is 11.9. The van der Waals surface area contributed by atoms with Gasteiger partial charge in [-0.2, -0.15) is 13.1 Å². The van der Waals surface area contributed by atoms with Crippen molar-refractivity contribution in [3.05, 3.63) is 101 Å². The highest BCUT2D eigenvalue weighted by Gasteiger charge is 2.36. The third kappa shape index (κ3) is 5.97. The molecule has 0 saturated heterocycles. The van der Waals surface area contributed by atoms with Crippen LogP contribution in [0.25, 0.3) is 0 Å². The minimum atomic E-state index is -4.63. The van der Waals surface area contributed by atoms with Crippen LogP contribution < -0.4 is 14.1 Å². The zero-order valence-corrected chi connectivity index (χ0v) is 22.8. The number of anilines is 1. The van der Waals surface area contributed by atoms with Gasteiger partial charge in [0, 0.05) is 0 Å². The van der Waals surface area contributed by atoms with E-state index >= 15 is 0 Å². The first kappa shape index (κ1) is 27.4. The fourth-order valence-electron chi connectivity index (χ4n) is 4.27. The molecule has 6 nitrogen and oxygen atoms in total. The van der Waals surface area contributed by atoms with Crippen LogP contribution in [0.3, 0.4) is 0 Å². The summed E-state index contributed by atoms with van der Waals surface area (Å²) in [6.45, 7) is 13.5. The van der Waals surface area contributed by atoms with Gasteiger partial charge in [0.1, 0.15) is 0 Å². The molecule has 0 aliphatic carbocycles. The Morgan fingerprint density at radius 3 is 1.53 bits per heavy atom. The van der Waals surface area contributed by atoms with Gasteiger partial charge in [-0.05, 0) is 40.0 Å². The van der Waals surface area contributed by atoms with E-state index in [0.717, 1.165) is 5.56 Å². The third-order valence-electron chi connectivity index (χ3n) is 6.01. The molecule has 0 spiro atoms. The van der Waals surface area contributed by atoms with Gasteiger partial charge in [-0.3, -0.25) is 0 Å². The van der Waals surface area contributed by atoms with Crippen LogP contribution >= 0.6 is 0 Å². The molecule has 3 aromatic carbocycles. The molecule has 1 amide bonds. The number of nitrogens with one attached hydrogen (secondary N) is 1. The van der Waals surface area contributed by atoms with Crippen LogP contribution in [0.5, 0.6) is 0 Å². The molecule has 0 atom stereocenters. The first-order chi connectivity index (χ1) is 16.6. The summed E-state index contributed by atoms with van der Waals surface area (Å²) in [6, 6.07) is 21.0. The lowest BCUT2D eigenvalue weighted by molar-refractivity contribution is -0.244. The van der Waals surface area contributed by atoms with E-state index in [-0.39, 0.29) is 5.69 Å². The molecule has 0 bridgehead atoms. The molecule has 192 valence electrons. The molecular formula is C29H35N2O4S-. The second kappa shape index (κ2) is 10.1. The Hall–Kier alpha value is -3.16. The van der Waals surface area contributed by atoms with Crippen LogP contribution in [0.2, 0.25) is 0 Å². The largest absolute Gasteiger partial charge is 0.529 e. The molecule has 7 heteroatoms. The fourth-order valence-corrected chi connectivity index (χ4v) is 5.58. The van der Waals surface area contributed by atoms with Crippen molar-refractivity contribution in [3.63, 3.8) is 0 Å². The smallest absolute Gasteiger partial charge is 0.307 e. The van der Waals surface area contributed by atoms with Gasteiger partial charge in [-0.1, -0.05) is 120 Å². The highest BCUT2D eigenvalue weighted by atomic mass is 32.2. The lowest BCUT2D eigenvalue weighted by Gasteiger charge is -2.37. The zero-order valence-electron chi connectivity index (χ0n) is 22.0. The van der Waals surface area contributed by atoms with Crippen molar-refractivity contribution in [1.29, 1.82) is 0 Å². The van der Waals surface area contributed by atoms with E-state index in [9.17, 15) is 18.3 Å². The highest BCUT2D eigenvalue weighted by Crippen LogP contribution is 2.42. The molecule has 0 aliphatic heterocycles. The van der Waals surface area contributed by atoms with Crippen LogP contribution in [-0.4, -0.2) is 14.5 Å². The maximum atomic E-state index is 14.0. The average Bonchev–Trinajstić information content (AvgIpc) is 2.77. The van der Waals surface area contributed by atoms with Crippen LogP contribution in [0.15, 0.2) is 72.8 Å². The molecular weight excluding hydrogens is 472 g/mol. The molecule has 0 aliphatic rings. The number of aryl methyl sites for hydroxylation is 1. The van der Waals surface area contributed by atoms with Crippen molar-refractivity contribution in [2.45, 2.75) is 65.3 Å². The molecule has 0 unspecified atom stereocenters. The molecule has 3 aromatic rings. The number of hydrogen-bond acceptors (Lipinski definition) is 4. The lowest BCUT2D eigenvalue weighted by Crippen LogP contribution is -2.52. The molecule has 0 saturated carbocycles. The maximum Gasteiger partial charge on any atom is 0.307 e. The van der Waals surface area contributed by atoms with Crippen molar-refractivity contribution in [2.24, 2.45) is 0 Å². The van der Waals surface area contributed by atoms with Gasteiger partial charge in [-0.15, -0.1) is 0 Å². The summed E-state index contributed by atoms with van der Waals surface area (Å²) in [4.78, 5) is 12.6. The Morgan fingerprint density at radius 1 is 0.806 bits per heavy atom. The Balaban J connectivity index is 2.27. The summed E-state index contributed by atoms with van der Waals surface area (Å²) in [5.41, 5.74) is 2.54. The summed E-state index contributed by atoms with van der Waals surface area (Å²) < 4.78 is 31.0. The third-order valence-corrected chi connectivity index (χ3v) is 7.36. The van der Waals surface area contributed by atoms with E-state index in [4.69, 9.17) is 0 Å². The fraction of sp³-hybridized carbons (Fsp3) is 0.345. The van der Waals surface area contributed by atoms with Gasteiger partial charge in [0.2, 0.25) is 0 Å². The van der Waals surface area contributed by atoms with Crippen molar-refractivity contribution in [3.8, 4) is 0 Å². The number of benzene rings is 3. The first-order valence-corrected chi connectivity index (χ1v) is 13.4. The van der Waals surface area contributed by atoms with E-state index in [1.165, 1.54) is 0 Å². The van der Waals surface area contributed by atoms with Gasteiger partial charge >= 0.3 is 10.2 Å². The van der Waals surface area contributed by atoms with Gasteiger partial charge < -0.3 is 9.90 Å². The van der Waals surface area contributed by atoms with E-state index in [0.29, 0.717) is 26.6 Å². The molecule has 0 radical (unpaired) electrons. The Morgan fingerprint density at radius 2 is 1.19 bits per heavy atom. The van der Waals surface area contributed by atoms with Crippen LogP contribution in [0, 0.1) is 6.92 Å². The van der Waals surface area contributed by atoms with Gasteiger partial charge in [0.15, 0.2) is 6.09 Å². The number of hydrogen-bond donors (Lipinski definition) is 1. The van der Waals surface area contributed by atoms with Crippen LogP contribution in [-0.2, 0) is 21.0 Å². The molecule has 1 N–H and O–H groups in total. The molecule has 36 heavy (non-hydrogen) atoms. The summed E-state index contributed by atoms with van der Waals surface area (Å²) in [6.07, 6.45) is -1.82. The zero-order chi connectivity index (χ0) is 26.9. The van der Waals surface area contributed by atoms with E-state index < -0.39 is 33.2 Å². The van der Waals surface area contributed by atoms with Crippen molar-refractivity contribution in [1.82, 2.24) is 4.72 Å². The molecule has 0 fully saturated rings. The summed E-state index contributed by atoms with van der Waals surface area (Å²) in [5, 5.41) is 12.6. The number of amides is 1. The topological polar surface area (TPSA) is 89.5 Å². The number of rotatable bonds is 6. The normalized spacial score (nSPS) is 12.6. The predicted octanol–water partition coefficient (Wildman–Crippen LogP) is 5.36. The van der Waals surface area contributed by atoms with Crippen molar-refractivity contribution < 1.29 is 18.3 Å². The molecule has 3 rings (SSSR count). The number of nitrogens with zero attached hydrogens (tertiary/aromatic N) is 1. The van der Waals surface area contributed by atoms with Gasteiger partial charge in [0.25, 0.3) is 0 Å². The monoisotopic (exact) mass is 507 g/mol. The standard InChI is InChI=1S/C29H36N2O4S/c1-20-18-23(28(2,3)4)26(24(19-20)29(5,6)7)31(27(32)33)36(34,35)30-25(21-14-10-8-11-15-21)22-16-12-9-13-17-22/h8-19,25,30H,1-7H3,(H,32,33)/p-1. The quantitative estimate of drug-likeness (QED) is 0.486. The Bertz CT molecular complexity index is 1250. The SMILES string of the molecule is Cc1cc(C(C)(C)C)c(N(C(=O)[O-])S(=O)(=O)NC(c2ccccc2)c2ccccc2)c(C(C)(C)C)c1. The average molecular weight is 508 g/mol. The number of carbonyl (C=O) groups is 1. The summed E-state index contributed by atoms with van der Waals surface area (Å²) in [5.74, 6) is 0. The minimum Gasteiger partial charge on any atom is -0.529 e. The second-order valence-corrected chi connectivity index (χ2v) is 12.7. The Labute approximate surface area is 215 Å². The van der Waals surface area contributed by atoms with Crippen LogP contribution in [0.4, 0.5) is 10.5 Å². The Kier molecular flexibility index (Phi) is 7.67. The molecule has 0 aromatic heterocycles. The van der Waals surface area contributed by atoms with E-state index in [1.807, 2.05) is 97.0 Å². The van der Waals surface area contributed by atoms with Crippen molar-refractivity contribution >= 4 is 22.0 Å².